The number of ether oxygens (including phenoxy) is 1. The molecule has 28 heavy (non-hydrogen) atoms. The van der Waals surface area contributed by atoms with E-state index in [1.807, 2.05) is 45.0 Å². The van der Waals surface area contributed by atoms with E-state index in [2.05, 4.69) is 5.32 Å². The van der Waals surface area contributed by atoms with Crippen LogP contribution in [0.15, 0.2) is 42.5 Å². The molecular weight excluding hydrogens is 356 g/mol. The van der Waals surface area contributed by atoms with Crippen molar-refractivity contribution in [1.82, 2.24) is 4.90 Å². The van der Waals surface area contributed by atoms with E-state index in [0.29, 0.717) is 11.3 Å². The molecule has 0 aliphatic rings. The summed E-state index contributed by atoms with van der Waals surface area (Å²) in [4.78, 5) is 38.2. The Kier molecular flexibility index (Phi) is 6.93. The fourth-order valence-corrected chi connectivity index (χ4v) is 2.67. The van der Waals surface area contributed by atoms with Gasteiger partial charge in [-0.1, -0.05) is 35.4 Å². The number of amides is 2. The topological polar surface area (TPSA) is 75.7 Å². The predicted octanol–water partition coefficient (Wildman–Crippen LogP) is 3.25. The average Bonchev–Trinajstić information content (AvgIpc) is 2.64. The lowest BCUT2D eigenvalue weighted by molar-refractivity contribution is -0.140. The molecule has 0 aliphatic heterocycles. The van der Waals surface area contributed by atoms with Crippen LogP contribution >= 0.6 is 0 Å². The summed E-state index contributed by atoms with van der Waals surface area (Å²) < 4.78 is 5.31. The van der Waals surface area contributed by atoms with Crippen molar-refractivity contribution in [3.8, 4) is 0 Å². The summed E-state index contributed by atoms with van der Waals surface area (Å²) in [5.41, 5.74) is 3.89. The van der Waals surface area contributed by atoms with Crippen molar-refractivity contribution in [1.29, 1.82) is 0 Å². The molecule has 6 nitrogen and oxygen atoms in total. The predicted molar refractivity (Wildman–Crippen MR) is 108 cm³/mol. The molecule has 1 N–H and O–H groups in total. The minimum atomic E-state index is -0.996. The maximum Gasteiger partial charge on any atom is 0.339 e. The molecule has 0 saturated carbocycles. The third kappa shape index (κ3) is 5.67. The second-order valence-electron chi connectivity index (χ2n) is 6.97. The van der Waals surface area contributed by atoms with Gasteiger partial charge in [0.15, 0.2) is 6.10 Å². The van der Waals surface area contributed by atoms with E-state index in [9.17, 15) is 14.4 Å². The van der Waals surface area contributed by atoms with Gasteiger partial charge < -0.3 is 15.0 Å². The third-order valence-electron chi connectivity index (χ3n) is 4.34. The molecule has 6 heteroatoms. The van der Waals surface area contributed by atoms with Crippen LogP contribution in [0.25, 0.3) is 0 Å². The van der Waals surface area contributed by atoms with Gasteiger partial charge in [-0.05, 0) is 51.5 Å². The Morgan fingerprint density at radius 2 is 1.61 bits per heavy atom. The molecule has 0 aliphatic carbocycles. The van der Waals surface area contributed by atoms with Crippen LogP contribution < -0.4 is 5.32 Å². The number of nitrogens with one attached hydrogen (secondary N) is 1. The fourth-order valence-electron chi connectivity index (χ4n) is 2.67. The lowest BCUT2D eigenvalue weighted by atomic mass is 10.1. The zero-order valence-electron chi connectivity index (χ0n) is 16.9. The Bertz CT molecular complexity index is 875. The van der Waals surface area contributed by atoms with Crippen molar-refractivity contribution in [2.45, 2.75) is 33.8 Å². The first-order chi connectivity index (χ1) is 13.2. The smallest absolute Gasteiger partial charge is 0.339 e. The number of aryl methyl sites for hydroxylation is 3. The molecular formula is C22H26N2O4. The van der Waals surface area contributed by atoms with Crippen LogP contribution in [-0.2, 0) is 14.3 Å². The molecule has 0 spiro atoms. The van der Waals surface area contributed by atoms with Crippen LogP contribution in [0.4, 0.5) is 5.69 Å². The number of hydrogen-bond acceptors (Lipinski definition) is 4. The summed E-state index contributed by atoms with van der Waals surface area (Å²) in [6.07, 6.45) is -0.996. The van der Waals surface area contributed by atoms with Gasteiger partial charge in [0.05, 0.1) is 12.1 Å². The zero-order valence-corrected chi connectivity index (χ0v) is 16.9. The molecule has 2 rings (SSSR count). The molecule has 2 aromatic rings. The van der Waals surface area contributed by atoms with Crippen LogP contribution in [0.3, 0.4) is 0 Å². The highest BCUT2D eigenvalue weighted by molar-refractivity contribution is 5.96. The van der Waals surface area contributed by atoms with Gasteiger partial charge in [-0.25, -0.2) is 4.79 Å². The molecule has 0 unspecified atom stereocenters. The Morgan fingerprint density at radius 1 is 1.00 bits per heavy atom. The number of hydrogen-bond donors (Lipinski definition) is 1. The molecule has 0 radical (unpaired) electrons. The van der Waals surface area contributed by atoms with Crippen molar-refractivity contribution in [3.63, 3.8) is 0 Å². The minimum absolute atomic E-state index is 0.141. The SMILES string of the molecule is Cc1ccc(NC(=O)CN(C)C(=O)[C@@H](C)OC(=O)c2cc(C)ccc2C)cc1. The molecule has 2 amide bonds. The van der Waals surface area contributed by atoms with E-state index in [1.54, 1.807) is 18.2 Å². The normalized spacial score (nSPS) is 11.5. The number of carbonyl (C=O) groups is 3. The van der Waals surface area contributed by atoms with Crippen molar-refractivity contribution in [2.24, 2.45) is 0 Å². The van der Waals surface area contributed by atoms with Crippen molar-refractivity contribution < 1.29 is 19.1 Å². The number of rotatable bonds is 6. The summed E-state index contributed by atoms with van der Waals surface area (Å²) in [6.45, 7) is 7.01. The first kappa shape index (κ1) is 21.2. The van der Waals surface area contributed by atoms with E-state index in [-0.39, 0.29) is 12.5 Å². The highest BCUT2D eigenvalue weighted by atomic mass is 16.5. The van der Waals surface area contributed by atoms with Gasteiger partial charge in [0, 0.05) is 12.7 Å². The van der Waals surface area contributed by atoms with Gasteiger partial charge in [-0.2, -0.15) is 0 Å². The van der Waals surface area contributed by atoms with Gasteiger partial charge in [0.25, 0.3) is 5.91 Å². The van der Waals surface area contributed by atoms with Gasteiger partial charge in [0.1, 0.15) is 0 Å². The molecule has 1 atom stereocenters. The number of nitrogens with zero attached hydrogens (tertiary/aromatic N) is 1. The number of esters is 1. The van der Waals surface area contributed by atoms with Crippen molar-refractivity contribution >= 4 is 23.5 Å². The van der Waals surface area contributed by atoms with Gasteiger partial charge >= 0.3 is 5.97 Å². The Labute approximate surface area is 165 Å². The summed E-state index contributed by atoms with van der Waals surface area (Å²) in [6, 6.07) is 12.8. The Hall–Kier alpha value is -3.15. The number of benzene rings is 2. The van der Waals surface area contributed by atoms with Gasteiger partial charge in [-0.3, -0.25) is 9.59 Å². The van der Waals surface area contributed by atoms with E-state index < -0.39 is 18.0 Å². The summed E-state index contributed by atoms with van der Waals surface area (Å²) in [5.74, 6) is -1.33. The average molecular weight is 382 g/mol. The lowest BCUT2D eigenvalue weighted by Crippen LogP contribution is -2.41. The molecule has 0 saturated heterocycles. The third-order valence-corrected chi connectivity index (χ3v) is 4.34. The minimum Gasteiger partial charge on any atom is -0.449 e. The molecule has 0 heterocycles. The summed E-state index contributed by atoms with van der Waals surface area (Å²) in [5, 5.41) is 2.73. The van der Waals surface area contributed by atoms with Gasteiger partial charge in [-0.15, -0.1) is 0 Å². The highest BCUT2D eigenvalue weighted by Crippen LogP contribution is 2.14. The van der Waals surface area contributed by atoms with E-state index >= 15 is 0 Å². The largest absolute Gasteiger partial charge is 0.449 e. The van der Waals surface area contributed by atoms with E-state index in [0.717, 1.165) is 16.7 Å². The second-order valence-corrected chi connectivity index (χ2v) is 6.97. The van der Waals surface area contributed by atoms with Crippen LogP contribution in [0.1, 0.15) is 34.0 Å². The fraction of sp³-hybridized carbons (Fsp3) is 0.318. The first-order valence-corrected chi connectivity index (χ1v) is 9.07. The summed E-state index contributed by atoms with van der Waals surface area (Å²) in [7, 11) is 1.50. The van der Waals surface area contributed by atoms with Crippen LogP contribution in [-0.4, -0.2) is 42.4 Å². The lowest BCUT2D eigenvalue weighted by Gasteiger charge is -2.21. The Morgan fingerprint density at radius 3 is 2.25 bits per heavy atom. The Balaban J connectivity index is 1.92. The number of anilines is 1. The molecule has 2 aromatic carbocycles. The molecule has 0 aromatic heterocycles. The van der Waals surface area contributed by atoms with Crippen molar-refractivity contribution in [2.75, 3.05) is 18.9 Å². The quantitative estimate of drug-likeness (QED) is 0.778. The summed E-state index contributed by atoms with van der Waals surface area (Å²) >= 11 is 0. The number of likely N-dealkylation sites (N-methyl/N-ethyl adjacent to an activating group) is 1. The molecule has 0 bridgehead atoms. The maximum atomic E-state index is 12.5. The second kappa shape index (κ2) is 9.17. The maximum absolute atomic E-state index is 12.5. The molecule has 148 valence electrons. The zero-order chi connectivity index (χ0) is 20.8. The van der Waals surface area contributed by atoms with Gasteiger partial charge in [0.2, 0.25) is 5.91 Å². The first-order valence-electron chi connectivity index (χ1n) is 9.07. The van der Waals surface area contributed by atoms with Crippen LogP contribution in [0.5, 0.6) is 0 Å². The van der Waals surface area contributed by atoms with Crippen molar-refractivity contribution in [3.05, 3.63) is 64.7 Å². The number of carbonyl (C=O) groups excluding carboxylic acids is 3. The van der Waals surface area contributed by atoms with Crippen LogP contribution in [0.2, 0.25) is 0 Å². The van der Waals surface area contributed by atoms with E-state index in [1.165, 1.54) is 18.9 Å². The van der Waals surface area contributed by atoms with Crippen LogP contribution in [0, 0.1) is 20.8 Å². The molecule has 0 fully saturated rings. The van der Waals surface area contributed by atoms with E-state index in [4.69, 9.17) is 4.74 Å². The monoisotopic (exact) mass is 382 g/mol. The highest BCUT2D eigenvalue weighted by Gasteiger charge is 2.24. The standard InChI is InChI=1S/C22H26N2O4/c1-14-7-10-18(11-8-14)23-20(25)13-24(5)21(26)17(4)28-22(27)19-12-15(2)6-9-16(19)3/h6-12,17H,13H2,1-5H3,(H,23,25)/t17-/m1/s1.